The Morgan fingerprint density at radius 2 is 1.74 bits per heavy atom. The summed E-state index contributed by atoms with van der Waals surface area (Å²) in [6, 6.07) is 0.168. The van der Waals surface area contributed by atoms with Gasteiger partial charge in [-0.25, -0.2) is 4.79 Å². The number of hydrogen-bond donors (Lipinski definition) is 0. The van der Waals surface area contributed by atoms with E-state index >= 15 is 0 Å². The fraction of sp³-hybridized carbons (Fsp3) is 0.857. The highest BCUT2D eigenvalue weighted by molar-refractivity contribution is 5.76. The zero-order chi connectivity index (χ0) is 14.2. The van der Waals surface area contributed by atoms with Gasteiger partial charge in [0.15, 0.2) is 0 Å². The van der Waals surface area contributed by atoms with Gasteiger partial charge in [-0.05, 0) is 46.5 Å². The topological polar surface area (TPSA) is 55.8 Å². The fourth-order valence-corrected chi connectivity index (χ4v) is 3.18. The summed E-state index contributed by atoms with van der Waals surface area (Å²) >= 11 is 0. The van der Waals surface area contributed by atoms with Crippen LogP contribution < -0.4 is 0 Å². The molecule has 0 aromatic heterocycles. The lowest BCUT2D eigenvalue weighted by atomic mass is 9.90. The molecular weight excluding hydrogens is 246 g/mol. The molecular formula is C14H23NO4. The van der Waals surface area contributed by atoms with Crippen molar-refractivity contribution in [2.24, 2.45) is 5.92 Å². The molecule has 2 saturated heterocycles. The summed E-state index contributed by atoms with van der Waals surface area (Å²) in [5.41, 5.74) is -0.505. The van der Waals surface area contributed by atoms with Gasteiger partial charge in [0.1, 0.15) is 5.60 Å². The molecule has 1 amide bonds. The molecule has 0 N–H and O–H groups in total. The average molecular weight is 269 g/mol. The summed E-state index contributed by atoms with van der Waals surface area (Å²) in [7, 11) is 1.40. The van der Waals surface area contributed by atoms with Crippen LogP contribution in [0.1, 0.15) is 46.5 Å². The van der Waals surface area contributed by atoms with Crippen molar-refractivity contribution >= 4 is 12.1 Å². The number of fused-ring (bicyclic) bond motifs is 2. The molecule has 0 saturated carbocycles. The summed E-state index contributed by atoms with van der Waals surface area (Å²) in [5, 5.41) is 0. The largest absolute Gasteiger partial charge is 0.469 e. The lowest BCUT2D eigenvalue weighted by molar-refractivity contribution is -0.149. The number of methoxy groups -OCH3 is 1. The van der Waals surface area contributed by atoms with Crippen molar-refractivity contribution < 1.29 is 19.1 Å². The van der Waals surface area contributed by atoms with Gasteiger partial charge in [0.05, 0.1) is 13.0 Å². The zero-order valence-corrected chi connectivity index (χ0v) is 12.1. The third-order valence-corrected chi connectivity index (χ3v) is 3.93. The Hall–Kier alpha value is -1.26. The minimum atomic E-state index is -0.505. The van der Waals surface area contributed by atoms with Crippen LogP contribution >= 0.6 is 0 Å². The summed E-state index contributed by atoms with van der Waals surface area (Å²) in [5.74, 6) is -0.407. The fourth-order valence-electron chi connectivity index (χ4n) is 3.18. The third-order valence-electron chi connectivity index (χ3n) is 3.93. The Kier molecular flexibility index (Phi) is 3.74. The lowest BCUT2D eigenvalue weighted by Gasteiger charge is -2.39. The molecule has 108 valence electrons. The van der Waals surface area contributed by atoms with Crippen molar-refractivity contribution in [3.8, 4) is 0 Å². The lowest BCUT2D eigenvalue weighted by Crippen LogP contribution is -2.51. The van der Waals surface area contributed by atoms with Crippen LogP contribution in [0.25, 0.3) is 0 Å². The third kappa shape index (κ3) is 2.85. The summed E-state index contributed by atoms with van der Waals surface area (Å²) < 4.78 is 10.3. The normalized spacial score (nSPS) is 30.1. The second kappa shape index (κ2) is 5.02. The van der Waals surface area contributed by atoms with Gasteiger partial charge < -0.3 is 14.4 Å². The van der Waals surface area contributed by atoms with E-state index in [0.717, 1.165) is 25.7 Å². The number of carbonyl (C=O) groups is 2. The van der Waals surface area contributed by atoms with Gasteiger partial charge in [-0.1, -0.05) is 0 Å². The maximum absolute atomic E-state index is 12.3. The number of nitrogens with zero attached hydrogens (tertiary/aromatic N) is 1. The zero-order valence-electron chi connectivity index (χ0n) is 12.1. The van der Waals surface area contributed by atoms with Crippen LogP contribution in [0.3, 0.4) is 0 Å². The number of amides is 1. The molecule has 2 aliphatic heterocycles. The van der Waals surface area contributed by atoms with E-state index in [2.05, 4.69) is 0 Å². The average Bonchev–Trinajstić information content (AvgIpc) is 2.61. The van der Waals surface area contributed by atoms with Gasteiger partial charge in [0.25, 0.3) is 0 Å². The van der Waals surface area contributed by atoms with E-state index < -0.39 is 5.60 Å². The van der Waals surface area contributed by atoms with E-state index in [0.29, 0.717) is 0 Å². The van der Waals surface area contributed by atoms with E-state index in [4.69, 9.17) is 9.47 Å². The van der Waals surface area contributed by atoms with Gasteiger partial charge in [0.2, 0.25) is 0 Å². The highest BCUT2D eigenvalue weighted by atomic mass is 16.6. The van der Waals surface area contributed by atoms with Crippen molar-refractivity contribution in [2.45, 2.75) is 64.1 Å². The standard InChI is InChI=1S/C14H23NO4/c1-14(2,3)19-13(17)15-9-5-7-10(12(16)18-4)11(15)8-6-9/h9-11H,5-8H2,1-4H3/t9-,10-,11-/m0/s1. The molecule has 2 heterocycles. The first kappa shape index (κ1) is 14.2. The highest BCUT2D eigenvalue weighted by Gasteiger charge is 2.48. The summed E-state index contributed by atoms with van der Waals surface area (Å²) in [6.45, 7) is 5.57. The molecule has 2 aliphatic rings. The number of ether oxygens (including phenoxy) is 2. The Balaban J connectivity index is 2.12. The molecule has 0 aliphatic carbocycles. The van der Waals surface area contributed by atoms with Crippen LogP contribution in [0.5, 0.6) is 0 Å². The molecule has 0 aromatic rings. The second-order valence-corrected chi connectivity index (χ2v) is 6.39. The summed E-state index contributed by atoms with van der Waals surface area (Å²) in [4.78, 5) is 25.9. The number of piperidine rings is 1. The molecule has 19 heavy (non-hydrogen) atoms. The summed E-state index contributed by atoms with van der Waals surface area (Å²) in [6.07, 6.45) is 3.19. The van der Waals surface area contributed by atoms with Crippen molar-refractivity contribution in [3.05, 3.63) is 0 Å². The molecule has 5 heteroatoms. The van der Waals surface area contributed by atoms with E-state index in [9.17, 15) is 9.59 Å². The van der Waals surface area contributed by atoms with E-state index in [1.165, 1.54) is 7.11 Å². The molecule has 0 radical (unpaired) electrons. The van der Waals surface area contributed by atoms with Crippen molar-refractivity contribution in [2.75, 3.05) is 7.11 Å². The van der Waals surface area contributed by atoms with Crippen LogP contribution in [-0.4, -0.2) is 41.8 Å². The second-order valence-electron chi connectivity index (χ2n) is 6.39. The molecule has 3 atom stereocenters. The minimum Gasteiger partial charge on any atom is -0.469 e. The number of hydrogen-bond acceptors (Lipinski definition) is 4. The van der Waals surface area contributed by atoms with Crippen LogP contribution in [0.15, 0.2) is 0 Å². The Bertz CT molecular complexity index is 374. The van der Waals surface area contributed by atoms with Crippen molar-refractivity contribution in [1.29, 1.82) is 0 Å². The van der Waals surface area contributed by atoms with E-state index in [1.54, 1.807) is 4.90 Å². The predicted molar refractivity (Wildman–Crippen MR) is 69.6 cm³/mol. The Morgan fingerprint density at radius 1 is 1.11 bits per heavy atom. The molecule has 2 fully saturated rings. The maximum Gasteiger partial charge on any atom is 0.410 e. The first-order valence-electron chi connectivity index (χ1n) is 6.92. The highest BCUT2D eigenvalue weighted by Crippen LogP contribution is 2.40. The van der Waals surface area contributed by atoms with Crippen LogP contribution in [0, 0.1) is 5.92 Å². The molecule has 0 aromatic carbocycles. The Morgan fingerprint density at radius 3 is 2.32 bits per heavy atom. The van der Waals surface area contributed by atoms with E-state index in [1.807, 2.05) is 20.8 Å². The quantitative estimate of drug-likeness (QED) is 0.686. The predicted octanol–water partition coefficient (Wildman–Crippen LogP) is 2.34. The maximum atomic E-state index is 12.3. The smallest absolute Gasteiger partial charge is 0.410 e. The first-order valence-corrected chi connectivity index (χ1v) is 6.92. The molecule has 0 spiro atoms. The molecule has 0 unspecified atom stereocenters. The number of esters is 1. The minimum absolute atomic E-state index is 0.0546. The van der Waals surface area contributed by atoms with Crippen molar-refractivity contribution in [3.63, 3.8) is 0 Å². The van der Waals surface area contributed by atoms with Crippen molar-refractivity contribution in [1.82, 2.24) is 4.90 Å². The molecule has 2 bridgehead atoms. The molecule has 2 rings (SSSR count). The van der Waals surface area contributed by atoms with Gasteiger partial charge in [-0.3, -0.25) is 4.79 Å². The van der Waals surface area contributed by atoms with Crippen LogP contribution in [-0.2, 0) is 14.3 Å². The van der Waals surface area contributed by atoms with Gasteiger partial charge >= 0.3 is 12.1 Å². The Labute approximate surface area is 114 Å². The van der Waals surface area contributed by atoms with Gasteiger partial charge in [-0.2, -0.15) is 0 Å². The first-order chi connectivity index (χ1) is 8.83. The van der Waals surface area contributed by atoms with E-state index in [-0.39, 0.29) is 30.1 Å². The van der Waals surface area contributed by atoms with Crippen LogP contribution in [0.4, 0.5) is 4.79 Å². The number of carbonyl (C=O) groups excluding carboxylic acids is 2. The monoisotopic (exact) mass is 269 g/mol. The van der Waals surface area contributed by atoms with Gasteiger partial charge in [0, 0.05) is 12.1 Å². The number of rotatable bonds is 1. The van der Waals surface area contributed by atoms with Gasteiger partial charge in [-0.15, -0.1) is 0 Å². The van der Waals surface area contributed by atoms with Crippen LogP contribution in [0.2, 0.25) is 0 Å². The molecule has 5 nitrogen and oxygen atoms in total. The SMILES string of the molecule is COC(=O)[C@H]1CC[C@H]2CC[C@@H]1N2C(=O)OC(C)(C)C.